The third-order valence-corrected chi connectivity index (χ3v) is 3.33. The van der Waals surface area contributed by atoms with Crippen LogP contribution in [0, 0.1) is 5.92 Å². The van der Waals surface area contributed by atoms with Gasteiger partial charge >= 0.3 is 12.0 Å². The number of hydrogen-bond acceptors (Lipinski definition) is 2. The molecule has 0 spiro atoms. The first-order valence-electron chi connectivity index (χ1n) is 6.17. The zero-order chi connectivity index (χ0) is 13.1. The number of aliphatic carboxylic acids is 1. The average molecular weight is 242 g/mol. The SMILES string of the molecule is CCN(CC1CCC1)C(=O)NC(C)(C)C(=O)O. The van der Waals surface area contributed by atoms with Crippen LogP contribution in [0.4, 0.5) is 4.79 Å². The molecule has 1 saturated carbocycles. The number of rotatable bonds is 5. The minimum absolute atomic E-state index is 0.285. The van der Waals surface area contributed by atoms with Crippen molar-refractivity contribution in [2.24, 2.45) is 5.92 Å². The van der Waals surface area contributed by atoms with E-state index < -0.39 is 11.5 Å². The first-order chi connectivity index (χ1) is 7.86. The molecule has 0 aromatic carbocycles. The minimum Gasteiger partial charge on any atom is -0.480 e. The van der Waals surface area contributed by atoms with Gasteiger partial charge in [-0.25, -0.2) is 9.59 Å². The van der Waals surface area contributed by atoms with Crippen molar-refractivity contribution >= 4 is 12.0 Å². The molecule has 1 aliphatic rings. The van der Waals surface area contributed by atoms with E-state index in [9.17, 15) is 9.59 Å². The number of amides is 2. The molecule has 0 saturated heterocycles. The molecule has 5 nitrogen and oxygen atoms in total. The Morgan fingerprint density at radius 3 is 2.35 bits per heavy atom. The topological polar surface area (TPSA) is 69.6 Å². The monoisotopic (exact) mass is 242 g/mol. The summed E-state index contributed by atoms with van der Waals surface area (Å²) in [5.41, 5.74) is -1.22. The lowest BCUT2D eigenvalue weighted by Crippen LogP contribution is -2.55. The lowest BCUT2D eigenvalue weighted by Gasteiger charge is -2.33. The van der Waals surface area contributed by atoms with Crippen LogP contribution in [0.5, 0.6) is 0 Å². The third kappa shape index (κ3) is 3.61. The Kier molecular flexibility index (Phi) is 4.37. The molecule has 0 unspecified atom stereocenters. The highest BCUT2D eigenvalue weighted by Crippen LogP contribution is 2.27. The van der Waals surface area contributed by atoms with Crippen LogP contribution in [0.3, 0.4) is 0 Å². The van der Waals surface area contributed by atoms with Crippen LogP contribution < -0.4 is 5.32 Å². The molecule has 0 bridgehead atoms. The van der Waals surface area contributed by atoms with E-state index in [2.05, 4.69) is 5.32 Å². The molecule has 0 aliphatic heterocycles. The Labute approximate surface area is 102 Å². The first-order valence-corrected chi connectivity index (χ1v) is 6.17. The second kappa shape index (κ2) is 5.38. The van der Waals surface area contributed by atoms with E-state index in [0.717, 1.165) is 6.54 Å². The van der Waals surface area contributed by atoms with Crippen LogP contribution in [-0.4, -0.2) is 40.6 Å². The van der Waals surface area contributed by atoms with Gasteiger partial charge in [0.05, 0.1) is 0 Å². The molecular weight excluding hydrogens is 220 g/mol. The highest BCUT2D eigenvalue weighted by Gasteiger charge is 2.31. The quantitative estimate of drug-likeness (QED) is 0.770. The van der Waals surface area contributed by atoms with Crippen LogP contribution in [0.15, 0.2) is 0 Å². The minimum atomic E-state index is -1.22. The predicted molar refractivity (Wildman–Crippen MR) is 64.8 cm³/mol. The maximum Gasteiger partial charge on any atom is 0.328 e. The summed E-state index contributed by atoms with van der Waals surface area (Å²) in [7, 11) is 0. The molecule has 5 heteroatoms. The number of nitrogens with one attached hydrogen (secondary N) is 1. The standard InChI is InChI=1S/C12H22N2O3/c1-4-14(8-9-6-5-7-9)11(17)13-12(2,3)10(15)16/h9H,4-8H2,1-3H3,(H,13,17)(H,15,16). The van der Waals surface area contributed by atoms with Gasteiger partial charge < -0.3 is 15.3 Å². The Balaban J connectivity index is 2.50. The van der Waals surface area contributed by atoms with E-state index in [1.54, 1.807) is 4.90 Å². The van der Waals surface area contributed by atoms with E-state index in [1.165, 1.54) is 33.1 Å². The fourth-order valence-electron chi connectivity index (χ4n) is 1.74. The van der Waals surface area contributed by atoms with Crippen molar-refractivity contribution in [2.75, 3.05) is 13.1 Å². The number of nitrogens with zero attached hydrogens (tertiary/aromatic N) is 1. The second-order valence-corrected chi connectivity index (χ2v) is 5.20. The van der Waals surface area contributed by atoms with E-state index in [4.69, 9.17) is 5.11 Å². The molecule has 1 rings (SSSR count). The highest BCUT2D eigenvalue weighted by molar-refractivity contribution is 5.85. The first kappa shape index (κ1) is 13.8. The van der Waals surface area contributed by atoms with E-state index >= 15 is 0 Å². The van der Waals surface area contributed by atoms with Crippen molar-refractivity contribution in [3.8, 4) is 0 Å². The largest absolute Gasteiger partial charge is 0.480 e. The summed E-state index contributed by atoms with van der Waals surface area (Å²) in [4.78, 5) is 24.5. The molecule has 1 aliphatic carbocycles. The Bertz CT molecular complexity index is 298. The average Bonchev–Trinajstić information content (AvgIpc) is 2.15. The van der Waals surface area contributed by atoms with Crippen LogP contribution in [0.2, 0.25) is 0 Å². The molecule has 2 amide bonds. The fraction of sp³-hybridized carbons (Fsp3) is 0.833. The predicted octanol–water partition coefficient (Wildman–Crippen LogP) is 1.68. The van der Waals surface area contributed by atoms with Crippen molar-refractivity contribution in [1.29, 1.82) is 0 Å². The fourth-order valence-corrected chi connectivity index (χ4v) is 1.74. The third-order valence-electron chi connectivity index (χ3n) is 3.33. The van der Waals surface area contributed by atoms with Gasteiger partial charge in [0.25, 0.3) is 0 Å². The number of hydrogen-bond donors (Lipinski definition) is 2. The zero-order valence-electron chi connectivity index (χ0n) is 10.8. The molecule has 0 heterocycles. The summed E-state index contributed by atoms with van der Waals surface area (Å²) in [6, 6.07) is -0.285. The van der Waals surface area contributed by atoms with Crippen LogP contribution in [0.25, 0.3) is 0 Å². The zero-order valence-corrected chi connectivity index (χ0v) is 10.8. The van der Waals surface area contributed by atoms with Gasteiger partial charge in [-0.15, -0.1) is 0 Å². The summed E-state index contributed by atoms with van der Waals surface area (Å²) in [6.07, 6.45) is 3.59. The van der Waals surface area contributed by atoms with Crippen LogP contribution >= 0.6 is 0 Å². The van der Waals surface area contributed by atoms with Crippen molar-refractivity contribution in [1.82, 2.24) is 10.2 Å². The molecule has 0 atom stereocenters. The number of carboxylic acid groups (broad SMARTS) is 1. The summed E-state index contributed by atoms with van der Waals surface area (Å²) < 4.78 is 0. The number of urea groups is 1. The molecule has 98 valence electrons. The highest BCUT2D eigenvalue weighted by atomic mass is 16.4. The van der Waals surface area contributed by atoms with Crippen molar-refractivity contribution < 1.29 is 14.7 Å². The molecule has 0 aromatic heterocycles. The van der Waals surface area contributed by atoms with Crippen molar-refractivity contribution in [2.45, 2.75) is 45.6 Å². The number of carboxylic acids is 1. The summed E-state index contributed by atoms with van der Waals surface area (Å²) in [5, 5.41) is 11.5. The summed E-state index contributed by atoms with van der Waals surface area (Å²) in [5.74, 6) is -0.431. The maximum absolute atomic E-state index is 11.9. The smallest absolute Gasteiger partial charge is 0.328 e. The Morgan fingerprint density at radius 2 is 2.00 bits per heavy atom. The van der Waals surface area contributed by atoms with Gasteiger partial charge in [0, 0.05) is 13.1 Å². The van der Waals surface area contributed by atoms with Crippen molar-refractivity contribution in [3.63, 3.8) is 0 Å². The molecule has 17 heavy (non-hydrogen) atoms. The summed E-state index contributed by atoms with van der Waals surface area (Å²) in [6.45, 7) is 6.23. The molecule has 0 aromatic rings. The lowest BCUT2D eigenvalue weighted by atomic mass is 9.85. The molecular formula is C12H22N2O3. The van der Waals surface area contributed by atoms with Gasteiger partial charge in [-0.2, -0.15) is 0 Å². The molecule has 0 radical (unpaired) electrons. The van der Waals surface area contributed by atoms with Crippen LogP contribution in [0.1, 0.15) is 40.0 Å². The van der Waals surface area contributed by atoms with E-state index in [-0.39, 0.29) is 6.03 Å². The Hall–Kier alpha value is -1.26. The number of carbonyl (C=O) groups is 2. The summed E-state index contributed by atoms with van der Waals surface area (Å²) >= 11 is 0. The van der Waals surface area contributed by atoms with Gasteiger partial charge in [0.1, 0.15) is 5.54 Å². The van der Waals surface area contributed by atoms with Gasteiger partial charge in [-0.05, 0) is 39.5 Å². The van der Waals surface area contributed by atoms with Gasteiger partial charge in [-0.3, -0.25) is 0 Å². The second-order valence-electron chi connectivity index (χ2n) is 5.20. The van der Waals surface area contributed by atoms with E-state index in [0.29, 0.717) is 12.5 Å². The Morgan fingerprint density at radius 1 is 1.41 bits per heavy atom. The van der Waals surface area contributed by atoms with Gasteiger partial charge in [0.15, 0.2) is 0 Å². The molecule has 2 N–H and O–H groups in total. The molecule has 1 fully saturated rings. The van der Waals surface area contributed by atoms with Crippen LogP contribution in [-0.2, 0) is 4.79 Å². The number of carbonyl (C=O) groups excluding carboxylic acids is 1. The van der Waals surface area contributed by atoms with E-state index in [1.807, 2.05) is 6.92 Å². The van der Waals surface area contributed by atoms with Gasteiger partial charge in [-0.1, -0.05) is 6.42 Å². The van der Waals surface area contributed by atoms with Crippen molar-refractivity contribution in [3.05, 3.63) is 0 Å². The lowest BCUT2D eigenvalue weighted by molar-refractivity contribution is -0.143. The maximum atomic E-state index is 11.9. The van der Waals surface area contributed by atoms with Gasteiger partial charge in [0.2, 0.25) is 0 Å². The normalized spacial score (nSPS) is 16.2.